The second-order valence-electron chi connectivity index (χ2n) is 2.73. The summed E-state index contributed by atoms with van der Waals surface area (Å²) in [6.45, 7) is 0.732. The fraction of sp³-hybridized carbons (Fsp3) is 0.273. The molecule has 0 bridgehead atoms. The van der Waals surface area contributed by atoms with Crippen molar-refractivity contribution in [3.8, 4) is 5.75 Å². The minimum Gasteiger partial charge on any atom is -0.465 e. The van der Waals surface area contributed by atoms with Crippen LogP contribution in [0.5, 0.6) is 5.75 Å². The summed E-state index contributed by atoms with van der Waals surface area (Å²) in [6.07, 6.45) is 5.68. The number of rotatable bonds is 5. The van der Waals surface area contributed by atoms with Crippen LogP contribution in [0.15, 0.2) is 42.7 Å². The molecule has 1 aromatic rings. The molecular formula is C11H15NO. The van der Waals surface area contributed by atoms with E-state index in [2.05, 4.69) is 0 Å². The molecule has 0 aliphatic rings. The molecule has 1 aromatic carbocycles. The molecule has 2 N–H and O–H groups in total. The maximum absolute atomic E-state index is 5.35. The second-order valence-corrected chi connectivity index (χ2v) is 2.73. The first kappa shape index (κ1) is 9.81. The molecule has 0 saturated carbocycles. The number of hydrogen-bond donors (Lipinski definition) is 1. The Hall–Kier alpha value is -1.28. The molecular weight excluding hydrogens is 162 g/mol. The smallest absolute Gasteiger partial charge is 0.126 e. The van der Waals surface area contributed by atoms with Gasteiger partial charge in [0.05, 0.1) is 6.26 Å². The van der Waals surface area contributed by atoms with Crippen molar-refractivity contribution in [1.82, 2.24) is 0 Å². The Bertz CT molecular complexity index is 244. The van der Waals surface area contributed by atoms with E-state index in [1.165, 1.54) is 0 Å². The van der Waals surface area contributed by atoms with Crippen molar-refractivity contribution in [3.05, 3.63) is 42.7 Å². The summed E-state index contributed by atoms with van der Waals surface area (Å²) in [6, 6.07) is 9.71. The van der Waals surface area contributed by atoms with E-state index in [1.807, 2.05) is 36.4 Å². The SMILES string of the molecule is NCCCC=COc1ccccc1. The van der Waals surface area contributed by atoms with Crippen LogP contribution in [0.1, 0.15) is 12.8 Å². The van der Waals surface area contributed by atoms with Crippen LogP contribution >= 0.6 is 0 Å². The lowest BCUT2D eigenvalue weighted by atomic mass is 10.3. The minimum atomic E-state index is 0.732. The molecule has 0 fully saturated rings. The average Bonchev–Trinajstić information content (AvgIpc) is 2.19. The molecule has 0 unspecified atom stereocenters. The van der Waals surface area contributed by atoms with Crippen molar-refractivity contribution in [2.75, 3.05) is 6.54 Å². The summed E-state index contributed by atoms with van der Waals surface area (Å²) in [5, 5.41) is 0. The molecule has 1 rings (SSSR count). The molecule has 0 spiro atoms. The predicted octanol–water partition coefficient (Wildman–Crippen LogP) is 2.32. The van der Waals surface area contributed by atoms with Crippen LogP contribution in [0, 0.1) is 0 Å². The van der Waals surface area contributed by atoms with Gasteiger partial charge in [0.2, 0.25) is 0 Å². The molecule has 0 aliphatic heterocycles. The number of nitrogens with two attached hydrogens (primary N) is 1. The van der Waals surface area contributed by atoms with Crippen LogP contribution in [0.4, 0.5) is 0 Å². The zero-order chi connectivity index (χ0) is 9.36. The number of unbranched alkanes of at least 4 members (excludes halogenated alkanes) is 1. The molecule has 70 valence electrons. The average molecular weight is 177 g/mol. The molecule has 0 amide bonds. The normalized spacial score (nSPS) is 10.5. The van der Waals surface area contributed by atoms with Gasteiger partial charge in [-0.15, -0.1) is 0 Å². The molecule has 2 nitrogen and oxygen atoms in total. The third-order valence-electron chi connectivity index (χ3n) is 1.62. The molecule has 0 heterocycles. The molecule has 2 heteroatoms. The topological polar surface area (TPSA) is 35.2 Å². The van der Waals surface area contributed by atoms with Gasteiger partial charge in [0.1, 0.15) is 5.75 Å². The standard InChI is InChI=1S/C11H15NO/c12-9-5-2-6-10-13-11-7-3-1-4-8-11/h1,3-4,6-8,10H,2,5,9,12H2. The van der Waals surface area contributed by atoms with Gasteiger partial charge in [-0.1, -0.05) is 18.2 Å². The first-order valence-electron chi connectivity index (χ1n) is 4.50. The van der Waals surface area contributed by atoms with E-state index < -0.39 is 0 Å². The number of ether oxygens (including phenoxy) is 1. The highest BCUT2D eigenvalue weighted by atomic mass is 16.5. The van der Waals surface area contributed by atoms with E-state index >= 15 is 0 Å². The van der Waals surface area contributed by atoms with Crippen LogP contribution in [-0.2, 0) is 0 Å². The Morgan fingerprint density at radius 3 is 2.69 bits per heavy atom. The van der Waals surface area contributed by atoms with Crippen LogP contribution in [0.25, 0.3) is 0 Å². The van der Waals surface area contributed by atoms with Crippen molar-refractivity contribution in [2.24, 2.45) is 5.73 Å². The first-order valence-corrected chi connectivity index (χ1v) is 4.50. The Morgan fingerprint density at radius 2 is 2.00 bits per heavy atom. The van der Waals surface area contributed by atoms with E-state index in [4.69, 9.17) is 10.5 Å². The van der Waals surface area contributed by atoms with Gasteiger partial charge in [-0.3, -0.25) is 0 Å². The molecule has 0 saturated heterocycles. The van der Waals surface area contributed by atoms with Crippen molar-refractivity contribution < 1.29 is 4.74 Å². The summed E-state index contributed by atoms with van der Waals surface area (Å²) >= 11 is 0. The third-order valence-corrected chi connectivity index (χ3v) is 1.62. The molecule has 0 aliphatic carbocycles. The zero-order valence-corrected chi connectivity index (χ0v) is 7.65. The number of hydrogen-bond acceptors (Lipinski definition) is 2. The lowest BCUT2D eigenvalue weighted by Crippen LogP contribution is -1.96. The van der Waals surface area contributed by atoms with Gasteiger partial charge in [0, 0.05) is 0 Å². The van der Waals surface area contributed by atoms with E-state index in [9.17, 15) is 0 Å². The van der Waals surface area contributed by atoms with E-state index in [-0.39, 0.29) is 0 Å². The van der Waals surface area contributed by atoms with Gasteiger partial charge in [-0.25, -0.2) is 0 Å². The fourth-order valence-corrected chi connectivity index (χ4v) is 0.929. The Labute approximate surface area is 79.0 Å². The summed E-state index contributed by atoms with van der Waals surface area (Å²) in [4.78, 5) is 0. The lowest BCUT2D eigenvalue weighted by Gasteiger charge is -1.97. The highest BCUT2D eigenvalue weighted by Gasteiger charge is 1.85. The van der Waals surface area contributed by atoms with Gasteiger partial charge in [0.15, 0.2) is 0 Å². The van der Waals surface area contributed by atoms with Gasteiger partial charge >= 0.3 is 0 Å². The molecule has 0 aromatic heterocycles. The van der Waals surface area contributed by atoms with Crippen LogP contribution in [0.3, 0.4) is 0 Å². The maximum Gasteiger partial charge on any atom is 0.126 e. The van der Waals surface area contributed by atoms with E-state index in [0.717, 1.165) is 25.1 Å². The summed E-state index contributed by atoms with van der Waals surface area (Å²) < 4.78 is 5.33. The van der Waals surface area contributed by atoms with Crippen LogP contribution < -0.4 is 10.5 Å². The Morgan fingerprint density at radius 1 is 1.23 bits per heavy atom. The number of benzene rings is 1. The van der Waals surface area contributed by atoms with Crippen LogP contribution in [0.2, 0.25) is 0 Å². The van der Waals surface area contributed by atoms with Crippen molar-refractivity contribution >= 4 is 0 Å². The van der Waals surface area contributed by atoms with Crippen molar-refractivity contribution in [2.45, 2.75) is 12.8 Å². The second kappa shape index (κ2) is 6.26. The van der Waals surface area contributed by atoms with E-state index in [0.29, 0.717) is 0 Å². The van der Waals surface area contributed by atoms with Gasteiger partial charge in [-0.2, -0.15) is 0 Å². The van der Waals surface area contributed by atoms with Crippen molar-refractivity contribution in [3.63, 3.8) is 0 Å². The highest BCUT2D eigenvalue weighted by Crippen LogP contribution is 2.08. The van der Waals surface area contributed by atoms with Crippen molar-refractivity contribution in [1.29, 1.82) is 0 Å². The zero-order valence-electron chi connectivity index (χ0n) is 7.65. The van der Waals surface area contributed by atoms with E-state index in [1.54, 1.807) is 6.26 Å². The molecule has 0 radical (unpaired) electrons. The minimum absolute atomic E-state index is 0.732. The predicted molar refractivity (Wildman–Crippen MR) is 54.5 cm³/mol. The Kier molecular flexibility index (Phi) is 4.72. The fourth-order valence-electron chi connectivity index (χ4n) is 0.929. The molecule has 0 atom stereocenters. The summed E-state index contributed by atoms with van der Waals surface area (Å²) in [5.41, 5.74) is 5.35. The van der Waals surface area contributed by atoms with Gasteiger partial charge in [0.25, 0.3) is 0 Å². The highest BCUT2D eigenvalue weighted by molar-refractivity contribution is 5.21. The van der Waals surface area contributed by atoms with Crippen LogP contribution in [-0.4, -0.2) is 6.54 Å². The number of allylic oxidation sites excluding steroid dienone is 1. The summed E-state index contributed by atoms with van der Waals surface area (Å²) in [7, 11) is 0. The van der Waals surface area contributed by atoms with Gasteiger partial charge in [-0.05, 0) is 37.6 Å². The maximum atomic E-state index is 5.35. The third kappa shape index (κ3) is 4.33. The number of para-hydroxylation sites is 1. The summed E-state index contributed by atoms with van der Waals surface area (Å²) in [5.74, 6) is 0.867. The largest absolute Gasteiger partial charge is 0.465 e. The molecule has 13 heavy (non-hydrogen) atoms. The van der Waals surface area contributed by atoms with Gasteiger partial charge < -0.3 is 10.5 Å². The monoisotopic (exact) mass is 177 g/mol. The Balaban J connectivity index is 2.23. The quantitative estimate of drug-likeness (QED) is 0.553. The lowest BCUT2D eigenvalue weighted by molar-refractivity contribution is 0.478. The first-order chi connectivity index (χ1) is 6.43.